The Hall–Kier alpha value is -0.370. The van der Waals surface area contributed by atoms with Crippen LogP contribution in [-0.2, 0) is 9.53 Å². The average molecular weight is 210 g/mol. The van der Waals surface area contributed by atoms with Crippen LogP contribution in [-0.4, -0.2) is 19.0 Å². The van der Waals surface area contributed by atoms with Crippen LogP contribution in [0.5, 0.6) is 0 Å². The number of hydrogen-bond donors (Lipinski definition) is 0. The molecule has 2 nitrogen and oxygen atoms in total. The summed E-state index contributed by atoms with van der Waals surface area (Å²) in [6.07, 6.45) is 6.63. The Bertz CT molecular complexity index is 211. The molecule has 1 heterocycles. The maximum absolute atomic E-state index is 12.0. The summed E-state index contributed by atoms with van der Waals surface area (Å²) >= 11 is 0. The van der Waals surface area contributed by atoms with Crippen LogP contribution in [0, 0.1) is 17.8 Å². The maximum Gasteiger partial charge on any atom is 0.136 e. The van der Waals surface area contributed by atoms with Gasteiger partial charge in [0.25, 0.3) is 0 Å². The lowest BCUT2D eigenvalue weighted by molar-refractivity contribution is -0.125. The molecule has 1 aliphatic heterocycles. The highest BCUT2D eigenvalue weighted by Gasteiger charge is 2.27. The van der Waals surface area contributed by atoms with Gasteiger partial charge in [-0.3, -0.25) is 4.79 Å². The van der Waals surface area contributed by atoms with Crippen LogP contribution in [0.2, 0.25) is 0 Å². The lowest BCUT2D eigenvalue weighted by atomic mass is 9.79. The maximum atomic E-state index is 12.0. The molecule has 15 heavy (non-hydrogen) atoms. The average Bonchev–Trinajstić information content (AvgIpc) is 2.71. The Labute approximate surface area is 92.4 Å². The van der Waals surface area contributed by atoms with E-state index in [1.807, 2.05) is 0 Å². The monoisotopic (exact) mass is 210 g/mol. The van der Waals surface area contributed by atoms with Crippen molar-refractivity contribution in [2.75, 3.05) is 13.2 Å². The van der Waals surface area contributed by atoms with E-state index in [1.54, 1.807) is 0 Å². The third-order valence-corrected chi connectivity index (χ3v) is 3.99. The summed E-state index contributed by atoms with van der Waals surface area (Å²) in [6.45, 7) is 3.97. The van der Waals surface area contributed by atoms with Crippen molar-refractivity contribution in [3.8, 4) is 0 Å². The van der Waals surface area contributed by atoms with Crippen LogP contribution in [0.1, 0.15) is 45.4 Å². The molecule has 0 amide bonds. The molecule has 0 N–H and O–H groups in total. The smallest absolute Gasteiger partial charge is 0.136 e. The Morgan fingerprint density at radius 3 is 2.53 bits per heavy atom. The molecule has 0 aromatic carbocycles. The summed E-state index contributed by atoms with van der Waals surface area (Å²) in [6, 6.07) is 0. The minimum atomic E-state index is 0.377. The molecular weight excluding hydrogens is 188 g/mol. The van der Waals surface area contributed by atoms with Crippen molar-refractivity contribution in [2.24, 2.45) is 17.8 Å². The minimum absolute atomic E-state index is 0.377. The first-order valence-corrected chi connectivity index (χ1v) is 6.36. The highest BCUT2D eigenvalue weighted by atomic mass is 16.5. The molecule has 2 aliphatic rings. The summed E-state index contributed by atoms with van der Waals surface area (Å²) in [5.41, 5.74) is 0. The summed E-state index contributed by atoms with van der Waals surface area (Å²) < 4.78 is 5.31. The Morgan fingerprint density at radius 1 is 1.20 bits per heavy atom. The second-order valence-corrected chi connectivity index (χ2v) is 5.36. The number of ether oxygens (including phenoxy) is 1. The van der Waals surface area contributed by atoms with Gasteiger partial charge in [0.2, 0.25) is 0 Å². The molecule has 0 aromatic heterocycles. The Morgan fingerprint density at radius 2 is 1.93 bits per heavy atom. The molecule has 0 aromatic rings. The SMILES string of the molecule is CC1CCC(C(=O)CC2CCOC2)CC1. The minimum Gasteiger partial charge on any atom is -0.381 e. The third-order valence-electron chi connectivity index (χ3n) is 3.99. The molecule has 2 rings (SSSR count). The van der Waals surface area contributed by atoms with Gasteiger partial charge >= 0.3 is 0 Å². The van der Waals surface area contributed by atoms with Crippen molar-refractivity contribution in [2.45, 2.75) is 45.4 Å². The number of carbonyl (C=O) groups excluding carboxylic acids is 1. The number of rotatable bonds is 3. The zero-order chi connectivity index (χ0) is 10.7. The largest absolute Gasteiger partial charge is 0.381 e. The Balaban J connectivity index is 1.75. The zero-order valence-electron chi connectivity index (χ0n) is 9.71. The first kappa shape index (κ1) is 11.1. The number of Topliss-reactive ketones (excluding diaryl/α,β-unsaturated/α-hetero) is 1. The van der Waals surface area contributed by atoms with E-state index in [9.17, 15) is 4.79 Å². The first-order chi connectivity index (χ1) is 7.25. The van der Waals surface area contributed by atoms with Crippen molar-refractivity contribution < 1.29 is 9.53 Å². The zero-order valence-corrected chi connectivity index (χ0v) is 9.71. The van der Waals surface area contributed by atoms with E-state index in [0.717, 1.165) is 44.8 Å². The third kappa shape index (κ3) is 3.04. The molecule has 0 bridgehead atoms. The molecule has 1 saturated heterocycles. The van der Waals surface area contributed by atoms with E-state index in [1.165, 1.54) is 12.8 Å². The normalized spacial score (nSPS) is 36.7. The van der Waals surface area contributed by atoms with Gasteiger partial charge in [0.15, 0.2) is 0 Å². The van der Waals surface area contributed by atoms with Gasteiger partial charge < -0.3 is 4.74 Å². The molecular formula is C13H22O2. The number of carbonyl (C=O) groups is 1. The molecule has 2 fully saturated rings. The van der Waals surface area contributed by atoms with Gasteiger partial charge in [-0.05, 0) is 31.1 Å². The topological polar surface area (TPSA) is 26.3 Å². The fourth-order valence-corrected chi connectivity index (χ4v) is 2.78. The van der Waals surface area contributed by atoms with E-state index < -0.39 is 0 Å². The molecule has 1 aliphatic carbocycles. The van der Waals surface area contributed by atoms with E-state index in [2.05, 4.69) is 6.92 Å². The van der Waals surface area contributed by atoms with Crippen LogP contribution in [0.4, 0.5) is 0 Å². The standard InChI is InChI=1S/C13H22O2/c1-10-2-4-12(5-3-10)13(14)8-11-6-7-15-9-11/h10-12H,2-9H2,1H3. The van der Waals surface area contributed by atoms with Crippen molar-refractivity contribution in [3.05, 3.63) is 0 Å². The fourth-order valence-electron chi connectivity index (χ4n) is 2.78. The van der Waals surface area contributed by atoms with E-state index >= 15 is 0 Å². The molecule has 0 spiro atoms. The van der Waals surface area contributed by atoms with Crippen molar-refractivity contribution in [3.63, 3.8) is 0 Å². The van der Waals surface area contributed by atoms with Crippen molar-refractivity contribution in [1.82, 2.24) is 0 Å². The predicted octanol–water partition coefficient (Wildman–Crippen LogP) is 2.81. The number of hydrogen-bond acceptors (Lipinski definition) is 2. The van der Waals surface area contributed by atoms with Crippen LogP contribution in [0.25, 0.3) is 0 Å². The second-order valence-electron chi connectivity index (χ2n) is 5.36. The van der Waals surface area contributed by atoms with Crippen LogP contribution in [0.3, 0.4) is 0 Å². The fraction of sp³-hybridized carbons (Fsp3) is 0.923. The van der Waals surface area contributed by atoms with Gasteiger partial charge in [-0.2, -0.15) is 0 Å². The molecule has 1 atom stereocenters. The van der Waals surface area contributed by atoms with Gasteiger partial charge in [0.05, 0.1) is 0 Å². The summed E-state index contributed by atoms with van der Waals surface area (Å²) in [5.74, 6) is 2.25. The van der Waals surface area contributed by atoms with Crippen LogP contribution >= 0.6 is 0 Å². The lowest BCUT2D eigenvalue weighted by Gasteiger charge is -2.25. The highest BCUT2D eigenvalue weighted by Crippen LogP contribution is 2.31. The summed E-state index contributed by atoms with van der Waals surface area (Å²) in [4.78, 5) is 12.0. The number of ketones is 1. The van der Waals surface area contributed by atoms with E-state index in [-0.39, 0.29) is 0 Å². The van der Waals surface area contributed by atoms with Crippen molar-refractivity contribution in [1.29, 1.82) is 0 Å². The van der Waals surface area contributed by atoms with Gasteiger partial charge in [0.1, 0.15) is 5.78 Å². The molecule has 1 unspecified atom stereocenters. The van der Waals surface area contributed by atoms with E-state index in [4.69, 9.17) is 4.74 Å². The molecule has 1 saturated carbocycles. The Kier molecular flexibility index (Phi) is 3.79. The summed E-state index contributed by atoms with van der Waals surface area (Å²) in [7, 11) is 0. The second kappa shape index (κ2) is 5.11. The van der Waals surface area contributed by atoms with E-state index in [0.29, 0.717) is 17.6 Å². The molecule has 86 valence electrons. The van der Waals surface area contributed by atoms with Crippen molar-refractivity contribution >= 4 is 5.78 Å². The molecule has 0 radical (unpaired) electrons. The molecule has 2 heteroatoms. The quantitative estimate of drug-likeness (QED) is 0.716. The van der Waals surface area contributed by atoms with Crippen LogP contribution < -0.4 is 0 Å². The highest BCUT2D eigenvalue weighted by molar-refractivity contribution is 5.81. The lowest BCUT2D eigenvalue weighted by Crippen LogP contribution is -2.23. The van der Waals surface area contributed by atoms with Gasteiger partial charge in [-0.1, -0.05) is 19.8 Å². The van der Waals surface area contributed by atoms with Crippen LogP contribution in [0.15, 0.2) is 0 Å². The predicted molar refractivity (Wildman–Crippen MR) is 59.7 cm³/mol. The van der Waals surface area contributed by atoms with Gasteiger partial charge in [0, 0.05) is 25.6 Å². The summed E-state index contributed by atoms with van der Waals surface area (Å²) in [5, 5.41) is 0. The van der Waals surface area contributed by atoms with Gasteiger partial charge in [-0.25, -0.2) is 0 Å². The van der Waals surface area contributed by atoms with Gasteiger partial charge in [-0.15, -0.1) is 0 Å². The first-order valence-electron chi connectivity index (χ1n) is 6.36.